The number of carbonyl (C=O) groups excluding carboxylic acids is 1. The Morgan fingerprint density at radius 2 is 2.00 bits per heavy atom. The third-order valence-electron chi connectivity index (χ3n) is 4.27. The van der Waals surface area contributed by atoms with Crippen molar-refractivity contribution >= 4 is 5.91 Å². The van der Waals surface area contributed by atoms with Gasteiger partial charge >= 0.3 is 0 Å². The molecule has 3 rings (SSSR count). The van der Waals surface area contributed by atoms with Crippen molar-refractivity contribution < 1.29 is 4.79 Å². The standard InChI is InChI=1S/C16H22N2O/c1-11(10-13-8-9-13)18-15(17-12(2)16(18)19)14-6-4-3-5-7-14/h3-7,11-13,15,17H,8-10H2,1-2H3. The van der Waals surface area contributed by atoms with Gasteiger partial charge in [-0.2, -0.15) is 0 Å². The van der Waals surface area contributed by atoms with Crippen molar-refractivity contribution in [1.29, 1.82) is 0 Å². The lowest BCUT2D eigenvalue weighted by atomic mass is 10.1. The van der Waals surface area contributed by atoms with Crippen LogP contribution in [0.15, 0.2) is 30.3 Å². The summed E-state index contributed by atoms with van der Waals surface area (Å²) in [6, 6.07) is 10.5. The maximum absolute atomic E-state index is 12.4. The molecule has 1 saturated carbocycles. The zero-order chi connectivity index (χ0) is 13.4. The van der Waals surface area contributed by atoms with Gasteiger partial charge in [0, 0.05) is 6.04 Å². The summed E-state index contributed by atoms with van der Waals surface area (Å²) in [5.74, 6) is 1.08. The van der Waals surface area contributed by atoms with Crippen molar-refractivity contribution in [3.8, 4) is 0 Å². The van der Waals surface area contributed by atoms with Crippen LogP contribution in [-0.2, 0) is 4.79 Å². The van der Waals surface area contributed by atoms with Crippen molar-refractivity contribution in [2.24, 2.45) is 5.92 Å². The van der Waals surface area contributed by atoms with Gasteiger partial charge in [0.1, 0.15) is 6.17 Å². The quantitative estimate of drug-likeness (QED) is 0.900. The number of amides is 1. The summed E-state index contributed by atoms with van der Waals surface area (Å²) in [5.41, 5.74) is 1.18. The van der Waals surface area contributed by atoms with E-state index in [4.69, 9.17) is 0 Å². The predicted octanol–water partition coefficient (Wildman–Crippen LogP) is 2.69. The van der Waals surface area contributed by atoms with E-state index in [-0.39, 0.29) is 18.1 Å². The molecule has 1 aliphatic heterocycles. The van der Waals surface area contributed by atoms with Crippen LogP contribution in [0.5, 0.6) is 0 Å². The Bertz CT molecular complexity index is 455. The second kappa shape index (κ2) is 4.97. The molecule has 0 aromatic heterocycles. The molecule has 3 nitrogen and oxygen atoms in total. The fourth-order valence-electron chi connectivity index (χ4n) is 3.05. The molecule has 1 saturated heterocycles. The van der Waals surface area contributed by atoms with E-state index in [2.05, 4.69) is 29.3 Å². The maximum atomic E-state index is 12.4. The van der Waals surface area contributed by atoms with Gasteiger partial charge in [-0.1, -0.05) is 43.2 Å². The molecule has 1 N–H and O–H groups in total. The molecule has 1 aromatic rings. The van der Waals surface area contributed by atoms with Gasteiger partial charge in [0.15, 0.2) is 0 Å². The van der Waals surface area contributed by atoms with E-state index in [0.717, 1.165) is 12.3 Å². The highest BCUT2D eigenvalue weighted by Gasteiger charge is 2.40. The summed E-state index contributed by atoms with van der Waals surface area (Å²) >= 11 is 0. The van der Waals surface area contributed by atoms with Gasteiger partial charge in [0.2, 0.25) is 5.91 Å². The van der Waals surface area contributed by atoms with Crippen molar-refractivity contribution in [2.45, 2.75) is 51.4 Å². The summed E-state index contributed by atoms with van der Waals surface area (Å²) in [6.45, 7) is 4.15. The molecular weight excluding hydrogens is 236 g/mol. The minimum atomic E-state index is -0.0770. The Morgan fingerprint density at radius 3 is 2.63 bits per heavy atom. The first kappa shape index (κ1) is 12.7. The van der Waals surface area contributed by atoms with Crippen LogP contribution in [0.1, 0.15) is 44.8 Å². The lowest BCUT2D eigenvalue weighted by molar-refractivity contribution is -0.132. The van der Waals surface area contributed by atoms with E-state index in [1.807, 2.05) is 25.1 Å². The Labute approximate surface area is 115 Å². The average molecular weight is 258 g/mol. The molecule has 2 fully saturated rings. The second-order valence-corrected chi connectivity index (χ2v) is 5.98. The topological polar surface area (TPSA) is 32.3 Å². The Kier molecular flexibility index (Phi) is 3.31. The number of benzene rings is 1. The highest BCUT2D eigenvalue weighted by atomic mass is 16.2. The normalized spacial score (nSPS) is 28.7. The van der Waals surface area contributed by atoms with Crippen molar-refractivity contribution in [1.82, 2.24) is 10.2 Å². The van der Waals surface area contributed by atoms with E-state index in [1.54, 1.807) is 0 Å². The van der Waals surface area contributed by atoms with Gasteiger partial charge < -0.3 is 4.90 Å². The first-order chi connectivity index (χ1) is 9.16. The van der Waals surface area contributed by atoms with Gasteiger partial charge in [0.05, 0.1) is 6.04 Å². The monoisotopic (exact) mass is 258 g/mol. The Balaban J connectivity index is 1.82. The first-order valence-corrected chi connectivity index (χ1v) is 7.30. The van der Waals surface area contributed by atoms with Crippen LogP contribution in [0.3, 0.4) is 0 Å². The second-order valence-electron chi connectivity index (χ2n) is 5.98. The van der Waals surface area contributed by atoms with Gasteiger partial charge in [0.25, 0.3) is 0 Å². The Morgan fingerprint density at radius 1 is 1.32 bits per heavy atom. The summed E-state index contributed by atoms with van der Waals surface area (Å²) in [5, 5.41) is 3.42. The molecule has 1 amide bonds. The van der Waals surface area contributed by atoms with Crippen LogP contribution in [0.25, 0.3) is 0 Å². The van der Waals surface area contributed by atoms with Crippen molar-refractivity contribution in [2.75, 3.05) is 0 Å². The third-order valence-corrected chi connectivity index (χ3v) is 4.27. The van der Waals surface area contributed by atoms with E-state index < -0.39 is 0 Å². The Hall–Kier alpha value is -1.35. The van der Waals surface area contributed by atoms with Gasteiger partial charge in [-0.25, -0.2) is 0 Å². The van der Waals surface area contributed by atoms with E-state index in [9.17, 15) is 4.79 Å². The number of rotatable bonds is 4. The summed E-state index contributed by atoms with van der Waals surface area (Å²) in [6.07, 6.45) is 3.86. The van der Waals surface area contributed by atoms with Gasteiger partial charge in [-0.15, -0.1) is 0 Å². The number of carbonyl (C=O) groups is 1. The highest BCUT2D eigenvalue weighted by molar-refractivity contribution is 5.84. The van der Waals surface area contributed by atoms with Gasteiger partial charge in [-0.05, 0) is 31.7 Å². The first-order valence-electron chi connectivity index (χ1n) is 7.30. The fourth-order valence-corrected chi connectivity index (χ4v) is 3.05. The average Bonchev–Trinajstić information content (AvgIpc) is 3.17. The number of nitrogens with one attached hydrogen (secondary N) is 1. The predicted molar refractivity (Wildman–Crippen MR) is 75.4 cm³/mol. The minimum absolute atomic E-state index is 0.0393. The number of hydrogen-bond acceptors (Lipinski definition) is 2. The number of hydrogen-bond donors (Lipinski definition) is 1. The molecule has 1 heterocycles. The largest absolute Gasteiger partial charge is 0.319 e. The van der Waals surface area contributed by atoms with Crippen LogP contribution in [0.4, 0.5) is 0 Å². The van der Waals surface area contributed by atoms with Crippen LogP contribution >= 0.6 is 0 Å². The smallest absolute Gasteiger partial charge is 0.241 e. The lowest BCUT2D eigenvalue weighted by Crippen LogP contribution is -2.38. The summed E-state index contributed by atoms with van der Waals surface area (Å²) in [4.78, 5) is 14.4. The zero-order valence-corrected chi connectivity index (χ0v) is 11.7. The zero-order valence-electron chi connectivity index (χ0n) is 11.7. The summed E-state index contributed by atoms with van der Waals surface area (Å²) in [7, 11) is 0. The molecule has 3 atom stereocenters. The molecule has 0 bridgehead atoms. The minimum Gasteiger partial charge on any atom is -0.319 e. The molecule has 1 aromatic carbocycles. The van der Waals surface area contributed by atoms with Crippen molar-refractivity contribution in [3.05, 3.63) is 35.9 Å². The molecule has 2 aliphatic rings. The van der Waals surface area contributed by atoms with Crippen LogP contribution in [-0.4, -0.2) is 22.9 Å². The van der Waals surface area contributed by atoms with Crippen molar-refractivity contribution in [3.63, 3.8) is 0 Å². The fraction of sp³-hybridized carbons (Fsp3) is 0.562. The molecule has 1 aliphatic carbocycles. The molecule has 102 valence electrons. The van der Waals surface area contributed by atoms with Crippen LogP contribution in [0, 0.1) is 5.92 Å². The maximum Gasteiger partial charge on any atom is 0.241 e. The number of nitrogens with zero attached hydrogens (tertiary/aromatic N) is 1. The highest BCUT2D eigenvalue weighted by Crippen LogP contribution is 2.37. The van der Waals surface area contributed by atoms with E-state index >= 15 is 0 Å². The molecule has 3 heteroatoms. The SMILES string of the molecule is CC1NC(c2ccccc2)N(C(C)CC2CC2)C1=O. The molecule has 3 unspecified atom stereocenters. The molecule has 19 heavy (non-hydrogen) atoms. The summed E-state index contributed by atoms with van der Waals surface area (Å²) < 4.78 is 0. The van der Waals surface area contributed by atoms with Crippen LogP contribution in [0.2, 0.25) is 0 Å². The molecule has 0 radical (unpaired) electrons. The van der Waals surface area contributed by atoms with Gasteiger partial charge in [-0.3, -0.25) is 10.1 Å². The van der Waals surface area contributed by atoms with E-state index in [0.29, 0.717) is 6.04 Å². The third kappa shape index (κ3) is 2.52. The van der Waals surface area contributed by atoms with E-state index in [1.165, 1.54) is 18.4 Å². The lowest BCUT2D eigenvalue weighted by Gasteiger charge is -2.30. The molecular formula is C16H22N2O. The van der Waals surface area contributed by atoms with Crippen LogP contribution < -0.4 is 5.32 Å². The molecule has 0 spiro atoms.